The van der Waals surface area contributed by atoms with Gasteiger partial charge in [-0.1, -0.05) is 30.4 Å². The van der Waals surface area contributed by atoms with Crippen LogP contribution in [0.2, 0.25) is 0 Å². The predicted molar refractivity (Wildman–Crippen MR) is 69.2 cm³/mol. The van der Waals surface area contributed by atoms with Crippen LogP contribution < -0.4 is 5.32 Å². The molecular formula is C13H11FN2OS. The molecule has 1 aromatic heterocycles. The zero-order valence-electron chi connectivity index (χ0n) is 9.44. The van der Waals surface area contributed by atoms with Gasteiger partial charge in [0, 0.05) is 18.3 Å². The molecule has 1 heterocycles. The SMILES string of the molecule is O=C(NCc1ccccc1F)c1ccc[nH]c1=S. The third-order valence-corrected chi connectivity index (χ3v) is 2.80. The van der Waals surface area contributed by atoms with Crippen molar-refractivity contribution in [2.75, 3.05) is 0 Å². The summed E-state index contributed by atoms with van der Waals surface area (Å²) in [6, 6.07) is 9.62. The van der Waals surface area contributed by atoms with E-state index in [0.29, 0.717) is 15.8 Å². The van der Waals surface area contributed by atoms with E-state index in [1.807, 2.05) is 0 Å². The minimum Gasteiger partial charge on any atom is -0.352 e. The highest BCUT2D eigenvalue weighted by molar-refractivity contribution is 7.71. The second-order valence-electron chi connectivity index (χ2n) is 3.69. The van der Waals surface area contributed by atoms with E-state index < -0.39 is 0 Å². The largest absolute Gasteiger partial charge is 0.352 e. The van der Waals surface area contributed by atoms with Gasteiger partial charge in [0.1, 0.15) is 10.5 Å². The van der Waals surface area contributed by atoms with Crippen LogP contribution in [0.25, 0.3) is 0 Å². The summed E-state index contributed by atoms with van der Waals surface area (Å²) in [7, 11) is 0. The highest BCUT2D eigenvalue weighted by atomic mass is 32.1. The van der Waals surface area contributed by atoms with Crippen molar-refractivity contribution in [3.05, 3.63) is 64.2 Å². The van der Waals surface area contributed by atoms with E-state index in [1.165, 1.54) is 6.07 Å². The maximum absolute atomic E-state index is 13.3. The number of carbonyl (C=O) groups excluding carboxylic acids is 1. The fourth-order valence-corrected chi connectivity index (χ4v) is 1.74. The maximum atomic E-state index is 13.3. The van der Waals surface area contributed by atoms with Crippen molar-refractivity contribution in [1.82, 2.24) is 10.3 Å². The number of halogens is 1. The zero-order chi connectivity index (χ0) is 13.0. The van der Waals surface area contributed by atoms with Gasteiger partial charge in [-0.3, -0.25) is 4.79 Å². The van der Waals surface area contributed by atoms with Crippen LogP contribution in [0.3, 0.4) is 0 Å². The van der Waals surface area contributed by atoms with Gasteiger partial charge >= 0.3 is 0 Å². The summed E-state index contributed by atoms with van der Waals surface area (Å²) in [4.78, 5) is 14.6. The van der Waals surface area contributed by atoms with Gasteiger partial charge < -0.3 is 10.3 Å². The lowest BCUT2D eigenvalue weighted by molar-refractivity contribution is 0.0949. The second-order valence-corrected chi connectivity index (χ2v) is 4.10. The fourth-order valence-electron chi connectivity index (χ4n) is 1.51. The van der Waals surface area contributed by atoms with Crippen molar-refractivity contribution in [2.45, 2.75) is 6.54 Å². The molecule has 5 heteroatoms. The van der Waals surface area contributed by atoms with Crippen molar-refractivity contribution >= 4 is 18.1 Å². The third kappa shape index (κ3) is 2.81. The van der Waals surface area contributed by atoms with E-state index in [-0.39, 0.29) is 18.3 Å². The Morgan fingerprint density at radius 1 is 1.28 bits per heavy atom. The van der Waals surface area contributed by atoms with Gasteiger partial charge in [-0.15, -0.1) is 0 Å². The number of rotatable bonds is 3. The maximum Gasteiger partial charge on any atom is 0.254 e. The molecule has 0 aliphatic rings. The first-order valence-electron chi connectivity index (χ1n) is 5.38. The molecule has 0 unspecified atom stereocenters. The Morgan fingerprint density at radius 3 is 2.78 bits per heavy atom. The van der Waals surface area contributed by atoms with Crippen LogP contribution in [-0.2, 0) is 6.54 Å². The molecule has 0 spiro atoms. The minimum atomic E-state index is -0.337. The van der Waals surface area contributed by atoms with Gasteiger partial charge in [-0.05, 0) is 18.2 Å². The van der Waals surface area contributed by atoms with Crippen molar-refractivity contribution in [1.29, 1.82) is 0 Å². The van der Waals surface area contributed by atoms with Gasteiger partial charge in [-0.25, -0.2) is 4.39 Å². The second kappa shape index (κ2) is 5.55. The topological polar surface area (TPSA) is 44.9 Å². The van der Waals surface area contributed by atoms with Gasteiger partial charge in [0.2, 0.25) is 0 Å². The number of hydrogen-bond donors (Lipinski definition) is 2. The summed E-state index contributed by atoms with van der Waals surface area (Å²) in [5.74, 6) is -0.656. The Kier molecular flexibility index (Phi) is 3.84. The average molecular weight is 262 g/mol. The van der Waals surface area contributed by atoms with Crippen LogP contribution in [0.4, 0.5) is 4.39 Å². The van der Waals surface area contributed by atoms with Crippen LogP contribution >= 0.6 is 12.2 Å². The molecular weight excluding hydrogens is 251 g/mol. The zero-order valence-corrected chi connectivity index (χ0v) is 10.3. The minimum absolute atomic E-state index is 0.134. The van der Waals surface area contributed by atoms with Crippen LogP contribution in [0.15, 0.2) is 42.6 Å². The summed E-state index contributed by atoms with van der Waals surface area (Å²) >= 11 is 4.99. The van der Waals surface area contributed by atoms with Crippen molar-refractivity contribution in [3.63, 3.8) is 0 Å². The average Bonchev–Trinajstić information content (AvgIpc) is 2.38. The molecule has 0 bridgehead atoms. The van der Waals surface area contributed by atoms with Crippen LogP contribution in [0, 0.1) is 10.5 Å². The molecule has 0 saturated carbocycles. The molecule has 0 atom stereocenters. The summed E-state index contributed by atoms with van der Waals surface area (Å²) in [6.45, 7) is 0.134. The number of aromatic amines is 1. The van der Waals surface area contributed by atoms with Crippen LogP contribution in [0.5, 0.6) is 0 Å². The molecule has 0 aliphatic carbocycles. The molecule has 0 radical (unpaired) electrons. The van der Waals surface area contributed by atoms with E-state index in [1.54, 1.807) is 36.5 Å². The highest BCUT2D eigenvalue weighted by Crippen LogP contribution is 2.06. The van der Waals surface area contributed by atoms with Gasteiger partial charge in [0.15, 0.2) is 0 Å². The molecule has 3 nitrogen and oxygen atoms in total. The molecule has 2 rings (SSSR count). The molecule has 92 valence electrons. The molecule has 0 saturated heterocycles. The number of pyridine rings is 1. The quantitative estimate of drug-likeness (QED) is 0.835. The smallest absolute Gasteiger partial charge is 0.254 e. The number of aromatic nitrogens is 1. The summed E-state index contributed by atoms with van der Waals surface area (Å²) in [5.41, 5.74) is 0.820. The Hall–Kier alpha value is -2.01. The number of benzene rings is 1. The Morgan fingerprint density at radius 2 is 2.06 bits per heavy atom. The summed E-state index contributed by atoms with van der Waals surface area (Å²) in [5, 5.41) is 2.63. The molecule has 1 amide bonds. The lowest BCUT2D eigenvalue weighted by atomic mass is 10.2. The Balaban J connectivity index is 2.08. The highest BCUT2D eigenvalue weighted by Gasteiger charge is 2.08. The monoisotopic (exact) mass is 262 g/mol. The Labute approximate surface area is 109 Å². The standard InChI is InChI=1S/C13H11FN2OS/c14-11-6-2-1-4-9(11)8-16-12(17)10-5-3-7-15-13(10)18/h1-7H,8H2,(H,15,18)(H,16,17). The normalized spacial score (nSPS) is 10.1. The Bertz CT molecular complexity index is 624. The number of nitrogens with one attached hydrogen (secondary N) is 2. The number of carbonyl (C=O) groups is 1. The molecule has 2 N–H and O–H groups in total. The molecule has 1 aromatic carbocycles. The van der Waals surface area contributed by atoms with E-state index >= 15 is 0 Å². The van der Waals surface area contributed by atoms with Crippen molar-refractivity contribution in [2.24, 2.45) is 0 Å². The van der Waals surface area contributed by atoms with E-state index in [4.69, 9.17) is 12.2 Å². The third-order valence-electron chi connectivity index (χ3n) is 2.46. The molecule has 18 heavy (non-hydrogen) atoms. The van der Waals surface area contributed by atoms with Gasteiger partial charge in [0.05, 0.1) is 5.56 Å². The first kappa shape index (κ1) is 12.4. The van der Waals surface area contributed by atoms with E-state index in [0.717, 1.165) is 0 Å². The van der Waals surface area contributed by atoms with Crippen LogP contribution in [-0.4, -0.2) is 10.9 Å². The van der Waals surface area contributed by atoms with E-state index in [2.05, 4.69) is 10.3 Å². The first-order valence-corrected chi connectivity index (χ1v) is 5.78. The first-order chi connectivity index (χ1) is 8.68. The summed E-state index contributed by atoms with van der Waals surface area (Å²) < 4.78 is 13.7. The van der Waals surface area contributed by atoms with Crippen molar-refractivity contribution in [3.8, 4) is 0 Å². The molecule has 2 aromatic rings. The number of hydrogen-bond acceptors (Lipinski definition) is 2. The lowest BCUT2D eigenvalue weighted by Crippen LogP contribution is -2.23. The number of H-pyrrole nitrogens is 1. The lowest BCUT2D eigenvalue weighted by Gasteiger charge is -2.06. The summed E-state index contributed by atoms with van der Waals surface area (Å²) in [6.07, 6.45) is 1.65. The van der Waals surface area contributed by atoms with Crippen LogP contribution in [0.1, 0.15) is 15.9 Å². The predicted octanol–water partition coefficient (Wildman–Crippen LogP) is 2.81. The van der Waals surface area contributed by atoms with Crippen molar-refractivity contribution < 1.29 is 9.18 Å². The fraction of sp³-hybridized carbons (Fsp3) is 0.0769. The molecule has 0 aliphatic heterocycles. The van der Waals surface area contributed by atoms with Gasteiger partial charge in [-0.2, -0.15) is 0 Å². The molecule has 0 fully saturated rings. The van der Waals surface area contributed by atoms with Gasteiger partial charge in [0.25, 0.3) is 5.91 Å². The van der Waals surface area contributed by atoms with E-state index in [9.17, 15) is 9.18 Å². The number of amides is 1.